The topological polar surface area (TPSA) is 67.6 Å². The van der Waals surface area contributed by atoms with Crippen molar-refractivity contribution in [2.24, 2.45) is 0 Å². The molecule has 1 aliphatic heterocycles. The van der Waals surface area contributed by atoms with E-state index in [0.29, 0.717) is 19.0 Å². The maximum absolute atomic E-state index is 12.1. The number of rotatable bonds is 4. The first-order valence-corrected chi connectivity index (χ1v) is 8.40. The van der Waals surface area contributed by atoms with Crippen LogP contribution in [-0.2, 0) is 11.3 Å². The smallest absolute Gasteiger partial charge is 0.262 e. The van der Waals surface area contributed by atoms with Gasteiger partial charge in [0.25, 0.3) is 5.91 Å². The number of nitrogens with one attached hydrogen (secondary N) is 1. The highest BCUT2D eigenvalue weighted by Crippen LogP contribution is 2.39. The van der Waals surface area contributed by atoms with E-state index < -0.39 is 6.10 Å². The molecule has 1 N–H and O–H groups in total. The Bertz CT molecular complexity index is 739. The first-order valence-electron chi connectivity index (χ1n) is 8.40. The van der Waals surface area contributed by atoms with Crippen LogP contribution in [0.1, 0.15) is 36.6 Å². The maximum atomic E-state index is 12.1. The van der Waals surface area contributed by atoms with Crippen molar-refractivity contribution >= 4 is 11.6 Å². The Morgan fingerprint density at radius 2 is 2.21 bits per heavy atom. The predicted molar refractivity (Wildman–Crippen MR) is 89.1 cm³/mol. The van der Waals surface area contributed by atoms with Crippen molar-refractivity contribution in [1.29, 1.82) is 0 Å². The highest BCUT2D eigenvalue weighted by Gasteiger charge is 2.32. The van der Waals surface area contributed by atoms with Crippen molar-refractivity contribution in [2.75, 3.05) is 18.5 Å². The van der Waals surface area contributed by atoms with E-state index in [1.54, 1.807) is 7.05 Å². The Morgan fingerprint density at radius 3 is 2.96 bits per heavy atom. The van der Waals surface area contributed by atoms with Crippen LogP contribution in [0, 0.1) is 0 Å². The Labute approximate surface area is 140 Å². The Kier molecular flexibility index (Phi) is 3.88. The summed E-state index contributed by atoms with van der Waals surface area (Å²) in [5.74, 6) is 2.11. The molecular formula is C18H21N3O3. The molecule has 0 saturated heterocycles. The van der Waals surface area contributed by atoms with Crippen molar-refractivity contribution in [1.82, 2.24) is 10.3 Å². The largest absolute Gasteiger partial charge is 0.477 e. The van der Waals surface area contributed by atoms with Crippen LogP contribution in [0.4, 0.5) is 5.69 Å². The SMILES string of the molecule is CNC(=O)C1CN(Cc2ncoc2C2CCC2)c2ccccc2O1. The highest BCUT2D eigenvalue weighted by atomic mass is 16.5. The number of anilines is 1. The van der Waals surface area contributed by atoms with Crippen LogP contribution in [0.25, 0.3) is 0 Å². The number of carbonyl (C=O) groups is 1. The third-order valence-electron chi connectivity index (χ3n) is 4.89. The van der Waals surface area contributed by atoms with Gasteiger partial charge in [0.1, 0.15) is 17.2 Å². The number of oxazole rings is 1. The molecule has 0 bridgehead atoms. The Hall–Kier alpha value is -2.50. The molecule has 126 valence electrons. The Balaban J connectivity index is 1.61. The van der Waals surface area contributed by atoms with E-state index in [9.17, 15) is 4.79 Å². The van der Waals surface area contributed by atoms with Crippen molar-refractivity contribution in [2.45, 2.75) is 37.8 Å². The molecule has 1 unspecified atom stereocenters. The zero-order chi connectivity index (χ0) is 16.5. The molecule has 1 amide bonds. The summed E-state index contributed by atoms with van der Waals surface area (Å²) in [4.78, 5) is 18.6. The van der Waals surface area contributed by atoms with Gasteiger partial charge in [-0.15, -0.1) is 0 Å². The van der Waals surface area contributed by atoms with E-state index in [2.05, 4.69) is 15.2 Å². The fourth-order valence-corrected chi connectivity index (χ4v) is 3.33. The molecule has 0 radical (unpaired) electrons. The quantitative estimate of drug-likeness (QED) is 0.934. The number of likely N-dealkylation sites (N-methyl/N-ethyl adjacent to an activating group) is 1. The number of nitrogens with zero attached hydrogens (tertiary/aromatic N) is 2. The minimum absolute atomic E-state index is 0.117. The van der Waals surface area contributed by atoms with Crippen molar-refractivity contribution < 1.29 is 13.9 Å². The van der Waals surface area contributed by atoms with Gasteiger partial charge >= 0.3 is 0 Å². The fourth-order valence-electron chi connectivity index (χ4n) is 3.33. The minimum Gasteiger partial charge on any atom is -0.477 e. The maximum Gasteiger partial charge on any atom is 0.262 e. The van der Waals surface area contributed by atoms with Crippen LogP contribution in [0.5, 0.6) is 5.75 Å². The van der Waals surface area contributed by atoms with E-state index >= 15 is 0 Å². The lowest BCUT2D eigenvalue weighted by Crippen LogP contribution is -2.48. The fraction of sp³-hybridized carbons (Fsp3) is 0.444. The molecule has 6 heteroatoms. The normalized spacial score (nSPS) is 20.0. The lowest BCUT2D eigenvalue weighted by Gasteiger charge is -2.35. The van der Waals surface area contributed by atoms with Crippen LogP contribution >= 0.6 is 0 Å². The monoisotopic (exact) mass is 327 g/mol. The average molecular weight is 327 g/mol. The van der Waals surface area contributed by atoms with Crippen molar-refractivity contribution in [3.8, 4) is 5.75 Å². The molecule has 1 aliphatic carbocycles. The number of benzene rings is 1. The average Bonchev–Trinajstić information content (AvgIpc) is 3.00. The van der Waals surface area contributed by atoms with Crippen LogP contribution in [0.3, 0.4) is 0 Å². The van der Waals surface area contributed by atoms with E-state index in [1.165, 1.54) is 25.7 Å². The number of hydrogen-bond donors (Lipinski definition) is 1. The predicted octanol–water partition coefficient (Wildman–Crippen LogP) is 2.46. The Morgan fingerprint density at radius 1 is 1.38 bits per heavy atom. The number of ether oxygens (including phenoxy) is 1. The molecule has 1 saturated carbocycles. The summed E-state index contributed by atoms with van der Waals surface area (Å²) >= 11 is 0. The molecular weight excluding hydrogens is 306 g/mol. The van der Waals surface area contributed by atoms with Gasteiger partial charge < -0.3 is 19.4 Å². The van der Waals surface area contributed by atoms with Gasteiger partial charge in [0, 0.05) is 13.0 Å². The second-order valence-corrected chi connectivity index (χ2v) is 6.36. The lowest BCUT2D eigenvalue weighted by atomic mass is 9.83. The number of fused-ring (bicyclic) bond motifs is 1. The van der Waals surface area contributed by atoms with Gasteiger partial charge in [0.15, 0.2) is 12.5 Å². The molecule has 2 heterocycles. The molecule has 2 aliphatic rings. The van der Waals surface area contributed by atoms with E-state index in [1.807, 2.05) is 24.3 Å². The summed E-state index contributed by atoms with van der Waals surface area (Å²) in [6.07, 6.45) is 4.60. The molecule has 24 heavy (non-hydrogen) atoms. The standard InChI is InChI=1S/C18H21N3O3/c1-19-18(22)16-10-21(14-7-2-3-8-15(14)24-16)9-13-17(23-11-20-13)12-5-4-6-12/h2-3,7-8,11-12,16H,4-6,9-10H2,1H3,(H,19,22). The number of carbonyl (C=O) groups excluding carboxylic acids is 1. The summed E-state index contributed by atoms with van der Waals surface area (Å²) in [5.41, 5.74) is 1.95. The van der Waals surface area contributed by atoms with Crippen LogP contribution < -0.4 is 15.0 Å². The van der Waals surface area contributed by atoms with Crippen LogP contribution in [0.15, 0.2) is 35.1 Å². The summed E-state index contributed by atoms with van der Waals surface area (Å²) in [7, 11) is 1.63. The lowest BCUT2D eigenvalue weighted by molar-refractivity contribution is -0.127. The summed E-state index contributed by atoms with van der Waals surface area (Å²) < 4.78 is 11.5. The van der Waals surface area contributed by atoms with E-state index in [0.717, 1.165) is 22.9 Å². The van der Waals surface area contributed by atoms with Gasteiger partial charge in [-0.2, -0.15) is 0 Å². The third-order valence-corrected chi connectivity index (χ3v) is 4.89. The molecule has 1 aromatic heterocycles. The summed E-state index contributed by atoms with van der Waals surface area (Å²) in [5, 5.41) is 2.67. The second kappa shape index (κ2) is 6.19. The van der Waals surface area contributed by atoms with Crippen molar-refractivity contribution in [3.05, 3.63) is 42.1 Å². The first-order chi connectivity index (χ1) is 11.8. The van der Waals surface area contributed by atoms with Gasteiger partial charge in [-0.1, -0.05) is 18.6 Å². The number of amides is 1. The van der Waals surface area contributed by atoms with Gasteiger partial charge in [-0.3, -0.25) is 4.79 Å². The molecule has 6 nitrogen and oxygen atoms in total. The highest BCUT2D eigenvalue weighted by molar-refractivity contribution is 5.83. The molecule has 0 spiro atoms. The van der Waals surface area contributed by atoms with Gasteiger partial charge in [-0.25, -0.2) is 4.98 Å². The second-order valence-electron chi connectivity index (χ2n) is 6.36. The summed E-state index contributed by atoms with van der Waals surface area (Å²) in [6, 6.07) is 7.80. The van der Waals surface area contributed by atoms with E-state index in [-0.39, 0.29) is 5.91 Å². The number of aromatic nitrogens is 1. The molecule has 1 atom stereocenters. The number of hydrogen-bond acceptors (Lipinski definition) is 5. The van der Waals surface area contributed by atoms with Gasteiger partial charge in [0.05, 0.1) is 18.8 Å². The minimum atomic E-state index is -0.524. The first kappa shape index (κ1) is 15.1. The van der Waals surface area contributed by atoms with Crippen LogP contribution in [-0.4, -0.2) is 30.6 Å². The molecule has 4 rings (SSSR count). The zero-order valence-corrected chi connectivity index (χ0v) is 13.7. The van der Waals surface area contributed by atoms with Gasteiger partial charge in [-0.05, 0) is 25.0 Å². The van der Waals surface area contributed by atoms with E-state index in [4.69, 9.17) is 9.15 Å². The zero-order valence-electron chi connectivity index (χ0n) is 13.7. The summed E-state index contributed by atoms with van der Waals surface area (Å²) in [6.45, 7) is 1.11. The molecule has 2 aromatic rings. The van der Waals surface area contributed by atoms with Crippen LogP contribution in [0.2, 0.25) is 0 Å². The van der Waals surface area contributed by atoms with Gasteiger partial charge in [0.2, 0.25) is 0 Å². The number of para-hydroxylation sites is 2. The third kappa shape index (κ3) is 2.62. The molecule has 1 aromatic carbocycles. The van der Waals surface area contributed by atoms with Crippen molar-refractivity contribution in [3.63, 3.8) is 0 Å². The molecule has 1 fully saturated rings.